The molecule has 11 nitrogen and oxygen atoms in total. The molecule has 1 saturated heterocycles. The summed E-state index contributed by atoms with van der Waals surface area (Å²) in [6.45, 7) is 7.52. The minimum atomic E-state index is -0.209. The Morgan fingerprint density at radius 3 is 3.03 bits per heavy atom. The van der Waals surface area contributed by atoms with Gasteiger partial charge in [0, 0.05) is 55.1 Å². The first-order chi connectivity index (χ1) is 18.0. The van der Waals surface area contributed by atoms with Gasteiger partial charge in [0.05, 0.1) is 37.8 Å². The molecule has 2 aliphatic heterocycles. The lowest BCUT2D eigenvalue weighted by Gasteiger charge is -2.20. The minimum absolute atomic E-state index is 0.146. The third-order valence-corrected chi connectivity index (χ3v) is 6.83. The summed E-state index contributed by atoms with van der Waals surface area (Å²) in [4.78, 5) is 20.2. The van der Waals surface area contributed by atoms with Crippen LogP contribution in [0.5, 0.6) is 5.75 Å². The van der Waals surface area contributed by atoms with Gasteiger partial charge in [0.25, 0.3) is 5.91 Å². The summed E-state index contributed by atoms with van der Waals surface area (Å²) in [5.41, 5.74) is 5.24. The number of ether oxygens (including phenoxy) is 2. The molecule has 3 aromatic heterocycles. The van der Waals surface area contributed by atoms with E-state index in [0.29, 0.717) is 50.7 Å². The molecular weight excluding hydrogens is 472 g/mol. The van der Waals surface area contributed by atoms with Crippen LogP contribution in [0.3, 0.4) is 0 Å². The van der Waals surface area contributed by atoms with Gasteiger partial charge in [-0.05, 0) is 38.1 Å². The number of fused-ring (bicyclic) bond motifs is 6. The molecule has 37 heavy (non-hydrogen) atoms. The number of hydrogen-bond acceptors (Lipinski definition) is 8. The lowest BCUT2D eigenvalue weighted by molar-refractivity contribution is 0.0294. The maximum atomic E-state index is 13.2. The fourth-order valence-corrected chi connectivity index (χ4v) is 5.06. The van der Waals surface area contributed by atoms with E-state index < -0.39 is 0 Å². The Balaban J connectivity index is 1.25. The number of carbonyl (C=O) groups excluding carboxylic acids is 1. The van der Waals surface area contributed by atoms with E-state index in [2.05, 4.69) is 25.6 Å². The number of amides is 1. The Labute approximate surface area is 214 Å². The minimum Gasteiger partial charge on any atom is -0.494 e. The third-order valence-electron chi connectivity index (χ3n) is 6.83. The van der Waals surface area contributed by atoms with Crippen LogP contribution in [0.15, 0.2) is 42.7 Å². The van der Waals surface area contributed by atoms with Gasteiger partial charge in [0.2, 0.25) is 0 Å². The van der Waals surface area contributed by atoms with Gasteiger partial charge in [0.15, 0.2) is 5.65 Å². The van der Waals surface area contributed by atoms with Crippen molar-refractivity contribution < 1.29 is 14.3 Å². The zero-order valence-corrected chi connectivity index (χ0v) is 21.0. The van der Waals surface area contributed by atoms with Crippen molar-refractivity contribution in [2.75, 3.05) is 19.7 Å². The maximum absolute atomic E-state index is 13.2. The number of hydrogen-bond donors (Lipinski definition) is 1. The number of likely N-dealkylation sites (tertiary alicyclic amines) is 1. The molecule has 1 aromatic carbocycles. The smallest absolute Gasteiger partial charge is 0.251 e. The van der Waals surface area contributed by atoms with Crippen LogP contribution in [0.2, 0.25) is 0 Å². The van der Waals surface area contributed by atoms with Crippen molar-refractivity contribution in [1.29, 1.82) is 0 Å². The van der Waals surface area contributed by atoms with Gasteiger partial charge in [-0.1, -0.05) is 11.3 Å². The standard InChI is InChI=1S/C26H30N8O3/c1-17-9-18(2)34-25(28-17)20(11-27-34)12-32-14-23-24(15-32)37-16-21-13-33(31-30-21)7-4-8-36-22-6-3-5-19(10-22)26(35)29-23/h3,5-6,9-11,13,23-24H,4,7-8,12,14-16H2,1-2H3,(H,29,35)/t23-,24-/m0/s1. The van der Waals surface area contributed by atoms with Crippen molar-refractivity contribution in [2.45, 2.75) is 52.1 Å². The first-order valence-corrected chi connectivity index (χ1v) is 12.6. The lowest BCUT2D eigenvalue weighted by atomic mass is 10.1. The molecule has 4 bridgehead atoms. The van der Waals surface area contributed by atoms with E-state index in [4.69, 9.17) is 14.5 Å². The molecule has 1 N–H and O–H groups in total. The zero-order valence-electron chi connectivity index (χ0n) is 21.0. The largest absolute Gasteiger partial charge is 0.494 e. The van der Waals surface area contributed by atoms with E-state index in [1.807, 2.05) is 53.6 Å². The molecule has 0 unspecified atom stereocenters. The molecule has 0 aliphatic carbocycles. The summed E-state index contributed by atoms with van der Waals surface area (Å²) in [7, 11) is 0. The molecule has 1 fully saturated rings. The highest BCUT2D eigenvalue weighted by Crippen LogP contribution is 2.22. The van der Waals surface area contributed by atoms with E-state index in [-0.39, 0.29) is 18.1 Å². The van der Waals surface area contributed by atoms with Crippen LogP contribution < -0.4 is 10.1 Å². The molecule has 4 aromatic rings. The summed E-state index contributed by atoms with van der Waals surface area (Å²) >= 11 is 0. The summed E-state index contributed by atoms with van der Waals surface area (Å²) in [5.74, 6) is 0.527. The highest BCUT2D eigenvalue weighted by Gasteiger charge is 2.35. The van der Waals surface area contributed by atoms with Crippen LogP contribution in [-0.4, -0.2) is 72.2 Å². The van der Waals surface area contributed by atoms with Crippen LogP contribution >= 0.6 is 0 Å². The number of rotatable bonds is 2. The van der Waals surface area contributed by atoms with Gasteiger partial charge in [-0.15, -0.1) is 5.10 Å². The quantitative estimate of drug-likeness (QED) is 0.443. The summed E-state index contributed by atoms with van der Waals surface area (Å²) < 4.78 is 15.9. The molecular formula is C26H30N8O3. The molecule has 5 heterocycles. The van der Waals surface area contributed by atoms with Gasteiger partial charge < -0.3 is 14.8 Å². The molecule has 2 aliphatic rings. The van der Waals surface area contributed by atoms with E-state index in [0.717, 1.165) is 34.7 Å². The molecule has 0 saturated carbocycles. The van der Waals surface area contributed by atoms with Crippen molar-refractivity contribution in [3.63, 3.8) is 0 Å². The average molecular weight is 503 g/mol. The van der Waals surface area contributed by atoms with Gasteiger partial charge in [-0.25, -0.2) is 9.50 Å². The Morgan fingerprint density at radius 1 is 1.19 bits per heavy atom. The Kier molecular flexibility index (Phi) is 6.31. The van der Waals surface area contributed by atoms with Gasteiger partial charge in [0.1, 0.15) is 11.4 Å². The van der Waals surface area contributed by atoms with E-state index in [1.165, 1.54) is 0 Å². The number of carbonyl (C=O) groups is 1. The predicted molar refractivity (Wildman–Crippen MR) is 134 cm³/mol. The van der Waals surface area contributed by atoms with Crippen molar-refractivity contribution in [3.8, 4) is 5.75 Å². The van der Waals surface area contributed by atoms with Crippen LogP contribution in [0.1, 0.15) is 39.4 Å². The molecule has 2 atom stereocenters. The maximum Gasteiger partial charge on any atom is 0.251 e. The highest BCUT2D eigenvalue weighted by molar-refractivity contribution is 5.94. The second kappa shape index (κ2) is 9.91. The molecule has 0 spiro atoms. The fraction of sp³-hybridized carbons (Fsp3) is 0.423. The van der Waals surface area contributed by atoms with Gasteiger partial charge in [-0.3, -0.25) is 14.4 Å². The van der Waals surface area contributed by atoms with Crippen LogP contribution in [0, 0.1) is 13.8 Å². The Hall–Kier alpha value is -3.83. The Morgan fingerprint density at radius 2 is 2.11 bits per heavy atom. The Bertz CT molecular complexity index is 1430. The fourth-order valence-electron chi connectivity index (χ4n) is 5.06. The topological polar surface area (TPSA) is 112 Å². The number of benzene rings is 1. The van der Waals surface area contributed by atoms with Crippen molar-refractivity contribution >= 4 is 11.6 Å². The van der Waals surface area contributed by atoms with E-state index >= 15 is 0 Å². The summed E-state index contributed by atoms with van der Waals surface area (Å²) in [6.07, 6.45) is 4.35. The SMILES string of the molecule is Cc1cc(C)n2ncc(CN3C[C@@H]4NC(=O)c5cccc(c5)OCCCn5cc(nn5)CO[C@H]4C3)c2n1. The predicted octanol–water partition coefficient (Wildman–Crippen LogP) is 1.92. The normalized spacial score (nSPS) is 21.0. The summed E-state index contributed by atoms with van der Waals surface area (Å²) in [6, 6.07) is 9.12. The number of nitrogens with one attached hydrogen (secondary N) is 1. The lowest BCUT2D eigenvalue weighted by Crippen LogP contribution is -2.44. The van der Waals surface area contributed by atoms with E-state index in [9.17, 15) is 4.79 Å². The monoisotopic (exact) mass is 502 g/mol. The number of aryl methyl sites for hydroxylation is 3. The third kappa shape index (κ3) is 5.05. The second-order valence-electron chi connectivity index (χ2n) is 9.77. The summed E-state index contributed by atoms with van der Waals surface area (Å²) in [5, 5.41) is 16.2. The second-order valence-corrected chi connectivity index (χ2v) is 9.77. The molecule has 6 rings (SSSR count). The number of aromatic nitrogens is 6. The average Bonchev–Trinajstić information content (AvgIpc) is 3.60. The van der Waals surface area contributed by atoms with Crippen LogP contribution in [0.4, 0.5) is 0 Å². The first kappa shape index (κ1) is 23.6. The zero-order chi connectivity index (χ0) is 25.4. The number of nitrogens with zero attached hydrogens (tertiary/aromatic N) is 7. The highest BCUT2D eigenvalue weighted by atomic mass is 16.5. The van der Waals surface area contributed by atoms with Crippen LogP contribution in [0.25, 0.3) is 5.65 Å². The van der Waals surface area contributed by atoms with Crippen molar-refractivity contribution in [2.24, 2.45) is 0 Å². The molecule has 11 heteroatoms. The molecule has 0 radical (unpaired) electrons. The van der Waals surface area contributed by atoms with Gasteiger partial charge in [-0.2, -0.15) is 5.10 Å². The molecule has 1 amide bonds. The van der Waals surface area contributed by atoms with E-state index in [1.54, 1.807) is 12.1 Å². The van der Waals surface area contributed by atoms with Gasteiger partial charge >= 0.3 is 0 Å². The molecule has 192 valence electrons. The van der Waals surface area contributed by atoms with Crippen molar-refractivity contribution in [3.05, 3.63) is 70.9 Å². The van der Waals surface area contributed by atoms with Crippen molar-refractivity contribution in [1.82, 2.24) is 39.8 Å². The van der Waals surface area contributed by atoms with Crippen LogP contribution in [-0.2, 0) is 24.4 Å². The first-order valence-electron chi connectivity index (χ1n) is 12.6.